The van der Waals surface area contributed by atoms with Crippen LogP contribution in [0.5, 0.6) is 11.5 Å². The van der Waals surface area contributed by atoms with Gasteiger partial charge in [0, 0.05) is 19.4 Å². The molecule has 2 aromatic rings. The van der Waals surface area contributed by atoms with E-state index in [-0.39, 0.29) is 12.5 Å². The van der Waals surface area contributed by atoms with Crippen LogP contribution in [0, 0.1) is 0 Å². The number of methoxy groups -OCH3 is 1. The average Bonchev–Trinajstić information content (AvgIpc) is 2.82. The molecule has 1 amide bonds. The number of nitrogens with one attached hydrogen (secondary N) is 1. The fourth-order valence-electron chi connectivity index (χ4n) is 1.53. The molecule has 0 fully saturated rings. The van der Waals surface area contributed by atoms with Crippen LogP contribution in [-0.4, -0.2) is 29.2 Å². The van der Waals surface area contributed by atoms with Crippen molar-refractivity contribution in [2.75, 3.05) is 19.0 Å². The average molecular weight is 261 g/mol. The molecule has 1 N–H and O–H groups in total. The number of imidazole rings is 1. The number of para-hydroxylation sites is 2. The van der Waals surface area contributed by atoms with E-state index < -0.39 is 0 Å². The van der Waals surface area contributed by atoms with Crippen LogP contribution in [-0.2, 0) is 11.8 Å². The monoisotopic (exact) mass is 261 g/mol. The van der Waals surface area contributed by atoms with Gasteiger partial charge in [0.1, 0.15) is 0 Å². The minimum absolute atomic E-state index is 0.104. The molecule has 0 atom stereocenters. The maximum Gasteiger partial charge on any atom is 0.264 e. The Kier molecular flexibility index (Phi) is 4.02. The number of hydrogen-bond donors (Lipinski definition) is 1. The van der Waals surface area contributed by atoms with E-state index in [0.717, 1.165) is 0 Å². The molecule has 1 aromatic heterocycles. The lowest BCUT2D eigenvalue weighted by Gasteiger charge is -2.10. The molecule has 0 spiro atoms. The summed E-state index contributed by atoms with van der Waals surface area (Å²) in [6.45, 7) is -0.104. The molecule has 2 rings (SSSR count). The van der Waals surface area contributed by atoms with Gasteiger partial charge in [-0.3, -0.25) is 10.1 Å². The van der Waals surface area contributed by atoms with Crippen molar-refractivity contribution in [1.29, 1.82) is 0 Å². The summed E-state index contributed by atoms with van der Waals surface area (Å²) in [5.41, 5.74) is 0. The first-order valence-electron chi connectivity index (χ1n) is 5.73. The smallest absolute Gasteiger partial charge is 0.264 e. The Bertz CT molecular complexity index is 566. The van der Waals surface area contributed by atoms with E-state index in [9.17, 15) is 4.79 Å². The van der Waals surface area contributed by atoms with Gasteiger partial charge in [0.15, 0.2) is 18.1 Å². The Hall–Kier alpha value is -2.50. The normalized spacial score (nSPS) is 10.0. The highest BCUT2D eigenvalue weighted by atomic mass is 16.5. The topological polar surface area (TPSA) is 65.4 Å². The van der Waals surface area contributed by atoms with Crippen LogP contribution in [0.2, 0.25) is 0 Å². The number of amides is 1. The number of rotatable bonds is 5. The van der Waals surface area contributed by atoms with Crippen molar-refractivity contribution in [1.82, 2.24) is 9.55 Å². The van der Waals surface area contributed by atoms with Crippen molar-refractivity contribution in [3.05, 3.63) is 36.7 Å². The molecule has 0 aliphatic carbocycles. The van der Waals surface area contributed by atoms with Gasteiger partial charge in [0.05, 0.1) is 7.11 Å². The van der Waals surface area contributed by atoms with Crippen molar-refractivity contribution < 1.29 is 14.3 Å². The lowest BCUT2D eigenvalue weighted by Crippen LogP contribution is -2.22. The Labute approximate surface area is 111 Å². The Morgan fingerprint density at radius 1 is 1.37 bits per heavy atom. The first-order chi connectivity index (χ1) is 9.20. The van der Waals surface area contributed by atoms with E-state index in [0.29, 0.717) is 17.4 Å². The zero-order valence-corrected chi connectivity index (χ0v) is 10.8. The van der Waals surface area contributed by atoms with Gasteiger partial charge in [0.25, 0.3) is 5.91 Å². The molecule has 100 valence electrons. The summed E-state index contributed by atoms with van der Waals surface area (Å²) in [6.07, 6.45) is 3.35. The van der Waals surface area contributed by atoms with Crippen molar-refractivity contribution in [3.63, 3.8) is 0 Å². The summed E-state index contributed by atoms with van der Waals surface area (Å²) in [6, 6.07) is 7.16. The molecule has 0 saturated carbocycles. The number of aromatic nitrogens is 2. The SMILES string of the molecule is COc1ccccc1OCC(=O)Nc1nccn1C. The summed E-state index contributed by atoms with van der Waals surface area (Å²) in [5, 5.41) is 2.65. The third kappa shape index (κ3) is 3.25. The second-order valence-electron chi connectivity index (χ2n) is 3.85. The van der Waals surface area contributed by atoms with Gasteiger partial charge in [-0.05, 0) is 12.1 Å². The highest BCUT2D eigenvalue weighted by Gasteiger charge is 2.08. The summed E-state index contributed by atoms with van der Waals surface area (Å²) >= 11 is 0. The van der Waals surface area contributed by atoms with Crippen molar-refractivity contribution >= 4 is 11.9 Å². The molecular formula is C13H15N3O3. The highest BCUT2D eigenvalue weighted by Crippen LogP contribution is 2.25. The molecule has 0 radical (unpaired) electrons. The first kappa shape index (κ1) is 12.9. The second kappa shape index (κ2) is 5.90. The number of carbonyl (C=O) groups is 1. The van der Waals surface area contributed by atoms with Gasteiger partial charge < -0.3 is 14.0 Å². The van der Waals surface area contributed by atoms with Crippen LogP contribution in [0.3, 0.4) is 0 Å². The van der Waals surface area contributed by atoms with Crippen LogP contribution < -0.4 is 14.8 Å². The maximum absolute atomic E-state index is 11.7. The minimum atomic E-state index is -0.278. The lowest BCUT2D eigenvalue weighted by molar-refractivity contribution is -0.118. The summed E-state index contributed by atoms with van der Waals surface area (Å²) < 4.78 is 12.2. The largest absolute Gasteiger partial charge is 0.493 e. The van der Waals surface area contributed by atoms with Crippen LogP contribution in [0.1, 0.15) is 0 Å². The summed E-state index contributed by atoms with van der Waals surface area (Å²) in [5.74, 6) is 1.32. The maximum atomic E-state index is 11.7. The Morgan fingerprint density at radius 3 is 2.74 bits per heavy atom. The molecule has 19 heavy (non-hydrogen) atoms. The number of carbonyl (C=O) groups excluding carboxylic acids is 1. The molecule has 0 aliphatic rings. The van der Waals surface area contributed by atoms with E-state index in [2.05, 4.69) is 10.3 Å². The van der Waals surface area contributed by atoms with E-state index >= 15 is 0 Å². The Balaban J connectivity index is 1.92. The molecular weight excluding hydrogens is 246 g/mol. The second-order valence-corrected chi connectivity index (χ2v) is 3.85. The molecule has 0 aliphatic heterocycles. The first-order valence-corrected chi connectivity index (χ1v) is 5.73. The summed E-state index contributed by atoms with van der Waals surface area (Å²) in [4.78, 5) is 15.7. The van der Waals surface area contributed by atoms with E-state index in [4.69, 9.17) is 9.47 Å². The van der Waals surface area contributed by atoms with Crippen LogP contribution in [0.25, 0.3) is 0 Å². The predicted octanol–water partition coefficient (Wildman–Crippen LogP) is 1.45. The third-order valence-electron chi connectivity index (χ3n) is 2.50. The van der Waals surface area contributed by atoms with Gasteiger partial charge >= 0.3 is 0 Å². The summed E-state index contributed by atoms with van der Waals surface area (Å²) in [7, 11) is 3.35. The lowest BCUT2D eigenvalue weighted by atomic mass is 10.3. The van der Waals surface area contributed by atoms with E-state index in [1.165, 1.54) is 0 Å². The van der Waals surface area contributed by atoms with Gasteiger partial charge in [-0.15, -0.1) is 0 Å². The molecule has 0 unspecified atom stereocenters. The zero-order chi connectivity index (χ0) is 13.7. The number of hydrogen-bond acceptors (Lipinski definition) is 4. The number of ether oxygens (including phenoxy) is 2. The van der Waals surface area contributed by atoms with Crippen molar-refractivity contribution in [3.8, 4) is 11.5 Å². The van der Waals surface area contributed by atoms with Crippen molar-refractivity contribution in [2.45, 2.75) is 0 Å². The van der Waals surface area contributed by atoms with Crippen LogP contribution in [0.4, 0.5) is 5.95 Å². The quantitative estimate of drug-likeness (QED) is 0.884. The van der Waals surface area contributed by atoms with Gasteiger partial charge in [-0.1, -0.05) is 12.1 Å². The fraction of sp³-hybridized carbons (Fsp3) is 0.231. The van der Waals surface area contributed by atoms with Gasteiger partial charge in [-0.2, -0.15) is 0 Å². The van der Waals surface area contributed by atoms with Crippen LogP contribution in [0.15, 0.2) is 36.7 Å². The molecule has 1 heterocycles. The Morgan fingerprint density at radius 2 is 2.11 bits per heavy atom. The van der Waals surface area contributed by atoms with Gasteiger partial charge in [0.2, 0.25) is 5.95 Å². The number of aryl methyl sites for hydroxylation is 1. The molecule has 0 bridgehead atoms. The predicted molar refractivity (Wildman–Crippen MR) is 70.3 cm³/mol. The van der Waals surface area contributed by atoms with Gasteiger partial charge in [-0.25, -0.2) is 4.98 Å². The molecule has 6 nitrogen and oxygen atoms in total. The third-order valence-corrected chi connectivity index (χ3v) is 2.50. The zero-order valence-electron chi connectivity index (χ0n) is 10.8. The molecule has 6 heteroatoms. The number of nitrogens with zero attached hydrogens (tertiary/aromatic N) is 2. The molecule has 1 aromatic carbocycles. The standard InChI is InChI=1S/C13H15N3O3/c1-16-8-7-14-13(16)15-12(17)9-19-11-6-4-3-5-10(11)18-2/h3-8H,9H2,1-2H3,(H,14,15,17). The minimum Gasteiger partial charge on any atom is -0.493 e. The van der Waals surface area contributed by atoms with Crippen molar-refractivity contribution in [2.24, 2.45) is 7.05 Å². The van der Waals surface area contributed by atoms with E-state index in [1.807, 2.05) is 12.1 Å². The fourth-order valence-corrected chi connectivity index (χ4v) is 1.53. The number of benzene rings is 1. The van der Waals surface area contributed by atoms with Crippen LogP contribution >= 0.6 is 0 Å². The van der Waals surface area contributed by atoms with E-state index in [1.54, 1.807) is 43.3 Å². The molecule has 0 saturated heterocycles. The number of anilines is 1. The highest BCUT2D eigenvalue weighted by molar-refractivity contribution is 5.90.